The molecule has 0 aromatic carbocycles. The third kappa shape index (κ3) is 2.62. The third-order valence-corrected chi connectivity index (χ3v) is 4.19. The molecule has 0 unspecified atom stereocenters. The van der Waals surface area contributed by atoms with Gasteiger partial charge in [0, 0.05) is 37.3 Å². The molecule has 4 heteroatoms. The summed E-state index contributed by atoms with van der Waals surface area (Å²) in [5, 5.41) is 0. The number of likely N-dealkylation sites (N-methyl/N-ethyl adjacent to an activating group) is 1. The molecule has 3 nitrogen and oxygen atoms in total. The Balaban J connectivity index is 2.22. The number of anilines is 1. The van der Waals surface area contributed by atoms with Crippen molar-refractivity contribution in [2.45, 2.75) is 32.2 Å². The lowest BCUT2D eigenvalue weighted by atomic mass is 9.99. The summed E-state index contributed by atoms with van der Waals surface area (Å²) in [4.78, 5) is 9.38. The van der Waals surface area contributed by atoms with Crippen LogP contribution in [0.5, 0.6) is 0 Å². The molecule has 1 saturated heterocycles. The molecule has 0 aliphatic carbocycles. The van der Waals surface area contributed by atoms with Gasteiger partial charge in [0.1, 0.15) is 5.82 Å². The van der Waals surface area contributed by atoms with Crippen molar-refractivity contribution in [3.63, 3.8) is 0 Å². The molecule has 0 saturated carbocycles. The largest absolute Gasteiger partial charge is 0.353 e. The fraction of sp³-hybridized carbons (Fsp3) is 0.643. The van der Waals surface area contributed by atoms with E-state index in [1.807, 2.05) is 6.20 Å². The molecule has 1 fully saturated rings. The average molecular weight is 268 g/mol. The van der Waals surface area contributed by atoms with Crippen LogP contribution in [0.2, 0.25) is 0 Å². The van der Waals surface area contributed by atoms with Gasteiger partial charge in [0.05, 0.1) is 0 Å². The van der Waals surface area contributed by atoms with Crippen molar-refractivity contribution in [2.75, 3.05) is 31.6 Å². The first-order valence-corrected chi connectivity index (χ1v) is 6.95. The van der Waals surface area contributed by atoms with E-state index >= 15 is 0 Å². The predicted octanol–water partition coefficient (Wildman–Crippen LogP) is 2.66. The van der Waals surface area contributed by atoms with Crippen LogP contribution >= 0.6 is 11.6 Å². The van der Waals surface area contributed by atoms with Crippen LogP contribution in [-0.4, -0.2) is 42.1 Å². The number of hydrogen-bond donors (Lipinski definition) is 0. The first-order chi connectivity index (χ1) is 8.44. The Morgan fingerprint density at radius 3 is 2.67 bits per heavy atom. The lowest BCUT2D eigenvalue weighted by Crippen LogP contribution is -2.58. The number of hydrogen-bond acceptors (Lipinski definition) is 3. The van der Waals surface area contributed by atoms with Crippen LogP contribution in [0.15, 0.2) is 12.3 Å². The fourth-order valence-corrected chi connectivity index (χ4v) is 2.60. The van der Waals surface area contributed by atoms with Gasteiger partial charge >= 0.3 is 0 Å². The number of alkyl halides is 1. The first kappa shape index (κ1) is 13.6. The molecule has 0 bridgehead atoms. The second-order valence-electron chi connectivity index (χ2n) is 5.77. The highest BCUT2D eigenvalue weighted by Gasteiger charge is 2.31. The Kier molecular flexibility index (Phi) is 3.83. The lowest BCUT2D eigenvalue weighted by Gasteiger charge is -2.46. The number of rotatable bonds is 2. The molecule has 1 aromatic heterocycles. The highest BCUT2D eigenvalue weighted by molar-refractivity contribution is 6.17. The SMILES string of the molecule is Cc1cc(CCl)cnc1N1CCN(C)C(C)(C)C1. The number of aryl methyl sites for hydroxylation is 1. The highest BCUT2D eigenvalue weighted by Crippen LogP contribution is 2.25. The van der Waals surface area contributed by atoms with Gasteiger partial charge in [-0.25, -0.2) is 4.98 Å². The van der Waals surface area contributed by atoms with Crippen molar-refractivity contribution in [3.05, 3.63) is 23.4 Å². The minimum atomic E-state index is 0.192. The maximum Gasteiger partial charge on any atom is 0.131 e. The molecule has 18 heavy (non-hydrogen) atoms. The van der Waals surface area contributed by atoms with Crippen LogP contribution in [0, 0.1) is 6.92 Å². The summed E-state index contributed by atoms with van der Waals surface area (Å²) >= 11 is 5.84. The number of pyridine rings is 1. The monoisotopic (exact) mass is 267 g/mol. The molecular weight excluding hydrogens is 246 g/mol. The summed E-state index contributed by atoms with van der Waals surface area (Å²) < 4.78 is 0. The summed E-state index contributed by atoms with van der Waals surface area (Å²) in [6, 6.07) is 2.14. The maximum absolute atomic E-state index is 5.84. The molecule has 0 radical (unpaired) electrons. The van der Waals surface area contributed by atoms with E-state index in [2.05, 4.69) is 48.7 Å². The van der Waals surface area contributed by atoms with E-state index in [4.69, 9.17) is 11.6 Å². The number of nitrogens with zero attached hydrogens (tertiary/aromatic N) is 3. The Morgan fingerprint density at radius 1 is 1.39 bits per heavy atom. The summed E-state index contributed by atoms with van der Waals surface area (Å²) in [6.45, 7) is 9.80. The van der Waals surface area contributed by atoms with Crippen LogP contribution in [0.25, 0.3) is 0 Å². The maximum atomic E-state index is 5.84. The topological polar surface area (TPSA) is 19.4 Å². The predicted molar refractivity (Wildman–Crippen MR) is 77.5 cm³/mol. The second kappa shape index (κ2) is 5.06. The van der Waals surface area contributed by atoms with E-state index in [0.29, 0.717) is 5.88 Å². The van der Waals surface area contributed by atoms with Gasteiger partial charge in [-0.05, 0) is 45.0 Å². The Morgan fingerprint density at radius 2 is 2.11 bits per heavy atom. The molecule has 0 N–H and O–H groups in total. The molecule has 0 amide bonds. The van der Waals surface area contributed by atoms with E-state index in [1.165, 1.54) is 5.56 Å². The second-order valence-corrected chi connectivity index (χ2v) is 6.04. The van der Waals surface area contributed by atoms with E-state index in [1.54, 1.807) is 0 Å². The van der Waals surface area contributed by atoms with Gasteiger partial charge in [-0.3, -0.25) is 4.90 Å². The van der Waals surface area contributed by atoms with Gasteiger partial charge in [-0.2, -0.15) is 0 Å². The molecule has 1 aliphatic heterocycles. The minimum Gasteiger partial charge on any atom is -0.353 e. The van der Waals surface area contributed by atoms with E-state index in [9.17, 15) is 0 Å². The van der Waals surface area contributed by atoms with Gasteiger partial charge in [0.2, 0.25) is 0 Å². The van der Waals surface area contributed by atoms with Crippen LogP contribution in [0.1, 0.15) is 25.0 Å². The zero-order valence-corrected chi connectivity index (χ0v) is 12.5. The van der Waals surface area contributed by atoms with Gasteiger partial charge < -0.3 is 4.90 Å². The van der Waals surface area contributed by atoms with E-state index in [-0.39, 0.29) is 5.54 Å². The Hall–Kier alpha value is -0.800. The zero-order valence-electron chi connectivity index (χ0n) is 11.7. The van der Waals surface area contributed by atoms with E-state index < -0.39 is 0 Å². The fourth-order valence-electron chi connectivity index (χ4n) is 2.45. The van der Waals surface area contributed by atoms with Crippen molar-refractivity contribution in [3.8, 4) is 0 Å². The van der Waals surface area contributed by atoms with Gasteiger partial charge in [-0.1, -0.05) is 0 Å². The molecule has 2 rings (SSSR count). The average Bonchev–Trinajstić information content (AvgIpc) is 2.32. The third-order valence-electron chi connectivity index (χ3n) is 3.88. The molecule has 100 valence electrons. The van der Waals surface area contributed by atoms with Gasteiger partial charge in [0.15, 0.2) is 0 Å². The van der Waals surface area contributed by atoms with Crippen molar-refractivity contribution >= 4 is 17.4 Å². The molecular formula is C14H22ClN3. The van der Waals surface area contributed by atoms with Crippen LogP contribution < -0.4 is 4.90 Å². The van der Waals surface area contributed by atoms with Crippen molar-refractivity contribution in [1.29, 1.82) is 0 Å². The summed E-state index contributed by atoms with van der Waals surface area (Å²) in [5.74, 6) is 1.63. The Bertz CT molecular complexity index is 431. The Labute approximate surface area is 115 Å². The molecule has 1 aliphatic rings. The highest BCUT2D eigenvalue weighted by atomic mass is 35.5. The van der Waals surface area contributed by atoms with Crippen LogP contribution in [0.3, 0.4) is 0 Å². The van der Waals surface area contributed by atoms with Crippen molar-refractivity contribution in [2.24, 2.45) is 0 Å². The minimum absolute atomic E-state index is 0.192. The normalized spacial score (nSPS) is 20.2. The van der Waals surface area contributed by atoms with Crippen molar-refractivity contribution in [1.82, 2.24) is 9.88 Å². The van der Waals surface area contributed by atoms with Crippen LogP contribution in [0.4, 0.5) is 5.82 Å². The number of piperazine rings is 1. The molecule has 1 aromatic rings. The smallest absolute Gasteiger partial charge is 0.131 e. The van der Waals surface area contributed by atoms with Crippen molar-refractivity contribution < 1.29 is 0 Å². The summed E-state index contributed by atoms with van der Waals surface area (Å²) in [6.07, 6.45) is 1.89. The lowest BCUT2D eigenvalue weighted by molar-refractivity contribution is 0.138. The number of halogens is 1. The standard InChI is InChI=1S/C14H22ClN3/c1-11-7-12(8-15)9-16-13(11)18-6-5-17(4)14(2,3)10-18/h7,9H,5-6,8,10H2,1-4H3. The first-order valence-electron chi connectivity index (χ1n) is 6.42. The van der Waals surface area contributed by atoms with E-state index in [0.717, 1.165) is 31.0 Å². The molecule has 2 heterocycles. The molecule has 0 spiro atoms. The summed E-state index contributed by atoms with van der Waals surface area (Å²) in [7, 11) is 2.19. The number of aromatic nitrogens is 1. The zero-order chi connectivity index (χ0) is 13.3. The quantitative estimate of drug-likeness (QED) is 0.768. The van der Waals surface area contributed by atoms with Gasteiger partial charge in [-0.15, -0.1) is 11.6 Å². The van der Waals surface area contributed by atoms with Crippen LogP contribution in [-0.2, 0) is 5.88 Å². The molecule has 0 atom stereocenters. The summed E-state index contributed by atoms with van der Waals surface area (Å²) in [5.41, 5.74) is 2.50. The van der Waals surface area contributed by atoms with Gasteiger partial charge in [0.25, 0.3) is 0 Å².